The summed E-state index contributed by atoms with van der Waals surface area (Å²) in [5.41, 5.74) is 11.8. The predicted molar refractivity (Wildman–Crippen MR) is 216 cm³/mol. The second-order valence-corrected chi connectivity index (χ2v) is 13.4. The SMILES string of the molecule is c1ccc(-c2nc(-c3ccccc3)nc(-c3ccc(-c4ccc5c(c4)nc(-c4ccccc4)c4cc(-c6ccccc6)c6nsnc6c45)cc3)n2)cc1. The topological polar surface area (TPSA) is 77.3 Å². The van der Waals surface area contributed by atoms with Crippen molar-refractivity contribution < 1.29 is 0 Å². The van der Waals surface area contributed by atoms with Gasteiger partial charge >= 0.3 is 0 Å². The number of hydrogen-bond acceptors (Lipinski definition) is 7. The van der Waals surface area contributed by atoms with Crippen LogP contribution in [-0.2, 0) is 0 Å². The molecule has 6 nitrogen and oxygen atoms in total. The summed E-state index contributed by atoms with van der Waals surface area (Å²) in [7, 11) is 0. The molecule has 0 unspecified atom stereocenters. The third kappa shape index (κ3) is 5.60. The molecule has 0 aliphatic rings. The minimum atomic E-state index is 0.624. The molecule has 7 heteroatoms. The van der Waals surface area contributed by atoms with Crippen LogP contribution in [-0.4, -0.2) is 28.7 Å². The Hall–Kier alpha value is -6.96. The highest BCUT2D eigenvalue weighted by molar-refractivity contribution is 7.00. The van der Waals surface area contributed by atoms with Gasteiger partial charge in [0.1, 0.15) is 11.0 Å². The largest absolute Gasteiger partial charge is 0.247 e. The summed E-state index contributed by atoms with van der Waals surface area (Å²) in [6.45, 7) is 0. The van der Waals surface area contributed by atoms with E-state index in [4.69, 9.17) is 28.7 Å². The number of pyridine rings is 1. The van der Waals surface area contributed by atoms with E-state index in [-0.39, 0.29) is 0 Å². The molecule has 0 atom stereocenters. The van der Waals surface area contributed by atoms with Crippen LogP contribution < -0.4 is 0 Å². The monoisotopic (exact) mass is 696 g/mol. The fourth-order valence-electron chi connectivity index (χ4n) is 7.00. The smallest absolute Gasteiger partial charge is 0.164 e. The molecule has 53 heavy (non-hydrogen) atoms. The standard InChI is InChI=1S/C46H28N6S/c1-5-13-30(14-6-1)37-28-38-40(43-42(37)51-53-52-43)36-26-25-35(27-39(36)47-41(38)31-15-7-2-8-16-31)29-21-23-34(24-22-29)46-49-44(32-17-9-3-10-18-32)48-45(50-46)33-19-11-4-12-20-33/h1-28H. The lowest BCUT2D eigenvalue weighted by atomic mass is 9.93. The molecule has 0 fully saturated rings. The van der Waals surface area contributed by atoms with E-state index >= 15 is 0 Å². The molecule has 0 aliphatic heterocycles. The predicted octanol–water partition coefficient (Wildman–Crippen LogP) is 11.6. The second-order valence-electron chi connectivity index (χ2n) is 12.8. The van der Waals surface area contributed by atoms with Gasteiger partial charge < -0.3 is 0 Å². The maximum Gasteiger partial charge on any atom is 0.164 e. The van der Waals surface area contributed by atoms with Crippen molar-refractivity contribution in [3.63, 3.8) is 0 Å². The van der Waals surface area contributed by atoms with Crippen LogP contribution in [0.4, 0.5) is 0 Å². The molecule has 3 aromatic heterocycles. The Balaban J connectivity index is 1.10. The summed E-state index contributed by atoms with van der Waals surface area (Å²) in [5, 5.41) is 3.17. The summed E-state index contributed by atoms with van der Waals surface area (Å²) < 4.78 is 9.67. The van der Waals surface area contributed by atoms with Gasteiger partial charge in [0.2, 0.25) is 0 Å². The van der Waals surface area contributed by atoms with Crippen LogP contribution in [0.1, 0.15) is 0 Å². The van der Waals surface area contributed by atoms with Gasteiger partial charge in [0.25, 0.3) is 0 Å². The van der Waals surface area contributed by atoms with Crippen LogP contribution >= 0.6 is 11.7 Å². The fraction of sp³-hybridized carbons (Fsp3) is 0. The zero-order valence-electron chi connectivity index (χ0n) is 28.3. The van der Waals surface area contributed by atoms with Crippen LogP contribution in [0.15, 0.2) is 170 Å². The van der Waals surface area contributed by atoms with E-state index in [0.717, 1.165) is 82.9 Å². The van der Waals surface area contributed by atoms with Crippen LogP contribution in [0.2, 0.25) is 0 Å². The van der Waals surface area contributed by atoms with Crippen molar-refractivity contribution in [3.05, 3.63) is 170 Å². The van der Waals surface area contributed by atoms with Gasteiger partial charge in [-0.1, -0.05) is 158 Å². The van der Waals surface area contributed by atoms with E-state index in [1.807, 2.05) is 72.8 Å². The Morgan fingerprint density at radius 1 is 0.340 bits per heavy atom. The van der Waals surface area contributed by atoms with Gasteiger partial charge in [-0.05, 0) is 28.8 Å². The molecule has 0 N–H and O–H groups in total. The van der Waals surface area contributed by atoms with Gasteiger partial charge in [-0.15, -0.1) is 0 Å². The third-order valence-electron chi connectivity index (χ3n) is 9.60. The molecule has 0 saturated heterocycles. The van der Waals surface area contributed by atoms with E-state index in [2.05, 4.69) is 97.1 Å². The molecule has 0 bridgehead atoms. The average Bonchev–Trinajstić information content (AvgIpc) is 3.74. The van der Waals surface area contributed by atoms with Gasteiger partial charge in [-0.3, -0.25) is 0 Å². The summed E-state index contributed by atoms with van der Waals surface area (Å²) in [5.74, 6) is 1.90. The van der Waals surface area contributed by atoms with E-state index in [9.17, 15) is 0 Å². The average molecular weight is 697 g/mol. The number of rotatable bonds is 6. The highest BCUT2D eigenvalue weighted by Gasteiger charge is 2.20. The molecule has 0 saturated carbocycles. The van der Waals surface area contributed by atoms with Gasteiger partial charge in [-0.25, -0.2) is 19.9 Å². The highest BCUT2D eigenvalue weighted by atomic mass is 32.1. The number of hydrogen-bond donors (Lipinski definition) is 0. The molecule has 0 amide bonds. The van der Waals surface area contributed by atoms with Crippen molar-refractivity contribution in [1.82, 2.24) is 28.7 Å². The number of nitrogens with zero attached hydrogens (tertiary/aromatic N) is 6. The summed E-state index contributed by atoms with van der Waals surface area (Å²) in [4.78, 5) is 20.0. The summed E-state index contributed by atoms with van der Waals surface area (Å²) in [6, 6.07) is 58.0. The van der Waals surface area contributed by atoms with Crippen molar-refractivity contribution in [2.24, 2.45) is 0 Å². The normalized spacial score (nSPS) is 11.4. The van der Waals surface area contributed by atoms with Crippen LogP contribution in [0.5, 0.6) is 0 Å². The number of benzene rings is 7. The lowest BCUT2D eigenvalue weighted by Gasteiger charge is -2.14. The van der Waals surface area contributed by atoms with E-state index < -0.39 is 0 Å². The molecule has 0 radical (unpaired) electrons. The Morgan fingerprint density at radius 2 is 0.811 bits per heavy atom. The fourth-order valence-corrected chi connectivity index (χ4v) is 7.57. The third-order valence-corrected chi connectivity index (χ3v) is 10.1. The Morgan fingerprint density at radius 3 is 1.40 bits per heavy atom. The molecule has 10 aromatic rings. The maximum absolute atomic E-state index is 5.36. The van der Waals surface area contributed by atoms with Crippen molar-refractivity contribution in [3.8, 4) is 67.7 Å². The quantitative estimate of drug-likeness (QED) is 0.161. The first-order valence-corrected chi connectivity index (χ1v) is 18.1. The lowest BCUT2D eigenvalue weighted by Crippen LogP contribution is -2.00. The van der Waals surface area contributed by atoms with Gasteiger partial charge in [-0.2, -0.15) is 8.75 Å². The molecule has 0 spiro atoms. The molecule has 7 aromatic carbocycles. The minimum Gasteiger partial charge on any atom is -0.247 e. The number of fused-ring (bicyclic) bond motifs is 5. The first-order valence-electron chi connectivity index (χ1n) is 17.4. The first-order chi connectivity index (χ1) is 26.3. The zero-order chi connectivity index (χ0) is 35.1. The molecule has 3 heterocycles. The van der Waals surface area contributed by atoms with Gasteiger partial charge in [0.05, 0.1) is 22.9 Å². The van der Waals surface area contributed by atoms with Gasteiger partial charge in [0.15, 0.2) is 17.5 Å². The minimum absolute atomic E-state index is 0.624. The molecule has 10 rings (SSSR count). The first kappa shape index (κ1) is 30.8. The second kappa shape index (κ2) is 13.0. The molecule has 248 valence electrons. The van der Waals surface area contributed by atoms with E-state index in [0.29, 0.717) is 17.5 Å². The maximum atomic E-state index is 5.36. The zero-order valence-corrected chi connectivity index (χ0v) is 29.1. The van der Waals surface area contributed by atoms with Crippen LogP contribution in [0, 0.1) is 0 Å². The van der Waals surface area contributed by atoms with Crippen molar-refractivity contribution in [1.29, 1.82) is 0 Å². The molecular weight excluding hydrogens is 669 g/mol. The molecule has 0 aliphatic carbocycles. The Bertz CT molecular complexity index is 2860. The highest BCUT2D eigenvalue weighted by Crippen LogP contribution is 2.41. The lowest BCUT2D eigenvalue weighted by molar-refractivity contribution is 1.07. The Kier molecular flexibility index (Phi) is 7.55. The molecular formula is C46H28N6S. The van der Waals surface area contributed by atoms with Crippen molar-refractivity contribution >= 4 is 44.4 Å². The summed E-state index contributed by atoms with van der Waals surface area (Å²) in [6.07, 6.45) is 0. The van der Waals surface area contributed by atoms with Crippen molar-refractivity contribution in [2.75, 3.05) is 0 Å². The van der Waals surface area contributed by atoms with Crippen molar-refractivity contribution in [2.45, 2.75) is 0 Å². The number of aromatic nitrogens is 6. The Labute approximate surface area is 309 Å². The van der Waals surface area contributed by atoms with E-state index in [1.165, 1.54) is 11.7 Å². The van der Waals surface area contributed by atoms with Crippen LogP contribution in [0.3, 0.4) is 0 Å². The van der Waals surface area contributed by atoms with E-state index in [1.54, 1.807) is 0 Å². The summed E-state index contributed by atoms with van der Waals surface area (Å²) >= 11 is 1.25. The van der Waals surface area contributed by atoms with Crippen LogP contribution in [0.25, 0.3) is 100 Å². The van der Waals surface area contributed by atoms with Gasteiger partial charge in [0, 0.05) is 44.0 Å².